The lowest BCUT2D eigenvalue weighted by molar-refractivity contribution is -0.137. The van der Waals surface area contributed by atoms with Gasteiger partial charge in [-0.15, -0.1) is 0 Å². The minimum absolute atomic E-state index is 0.0537. The van der Waals surface area contributed by atoms with Gasteiger partial charge in [0.05, 0.1) is 18.6 Å². The van der Waals surface area contributed by atoms with Crippen molar-refractivity contribution in [2.45, 2.75) is 52.5 Å². The number of aryl methyl sites for hydroxylation is 1. The molecule has 0 aliphatic carbocycles. The zero-order chi connectivity index (χ0) is 24.2. The summed E-state index contributed by atoms with van der Waals surface area (Å²) in [4.78, 5) is 39.8. The van der Waals surface area contributed by atoms with Crippen LogP contribution in [0.5, 0.6) is 0 Å². The van der Waals surface area contributed by atoms with Crippen molar-refractivity contribution in [2.75, 3.05) is 40.3 Å². The summed E-state index contributed by atoms with van der Waals surface area (Å²) in [5.74, 6) is 0.164. The predicted octanol–water partition coefficient (Wildman–Crippen LogP) is 3.46. The predicted molar refractivity (Wildman–Crippen MR) is 131 cm³/mol. The van der Waals surface area contributed by atoms with Crippen LogP contribution in [-0.4, -0.2) is 76.8 Å². The third kappa shape index (κ3) is 6.44. The van der Waals surface area contributed by atoms with Crippen LogP contribution in [0.25, 0.3) is 0 Å². The number of likely N-dealkylation sites (N-methyl/N-ethyl adjacent to an activating group) is 1. The third-order valence-corrected chi connectivity index (χ3v) is 6.53. The second-order valence-electron chi connectivity index (χ2n) is 10.4. The van der Waals surface area contributed by atoms with Crippen molar-refractivity contribution < 1.29 is 9.59 Å². The van der Waals surface area contributed by atoms with E-state index in [4.69, 9.17) is 0 Å². The van der Waals surface area contributed by atoms with Crippen LogP contribution in [0, 0.1) is 12.8 Å². The van der Waals surface area contributed by atoms with Crippen LogP contribution < -0.4 is 0 Å². The molecular weight excluding hydrogens is 414 g/mol. The Labute approximate surface area is 198 Å². The normalized spacial score (nSPS) is 15.2. The molecule has 2 heterocycles. The summed E-state index contributed by atoms with van der Waals surface area (Å²) in [6.07, 6.45) is 3.07. The molecule has 1 aromatic carbocycles. The maximum Gasteiger partial charge on any atom is 0.253 e. The molecule has 3 rings (SSSR count). The molecule has 1 aliphatic rings. The summed E-state index contributed by atoms with van der Waals surface area (Å²) in [6.45, 7) is 11.7. The van der Waals surface area contributed by atoms with E-state index >= 15 is 0 Å². The van der Waals surface area contributed by atoms with Crippen molar-refractivity contribution in [3.05, 3.63) is 53.1 Å². The fourth-order valence-electron chi connectivity index (χ4n) is 4.20. The number of H-pyrrole nitrogens is 1. The number of nitrogens with zero attached hydrogens (tertiary/aromatic N) is 4. The molecular formula is C26H39N5O2. The number of benzene rings is 1. The number of piperidine rings is 1. The first-order chi connectivity index (χ1) is 15.6. The van der Waals surface area contributed by atoms with E-state index in [9.17, 15) is 9.59 Å². The number of carbonyl (C=O) groups is 2. The van der Waals surface area contributed by atoms with Crippen molar-refractivity contribution >= 4 is 11.8 Å². The van der Waals surface area contributed by atoms with Crippen molar-refractivity contribution in [2.24, 2.45) is 5.92 Å². The Morgan fingerprint density at radius 1 is 1.09 bits per heavy atom. The van der Waals surface area contributed by atoms with Gasteiger partial charge in [-0.2, -0.15) is 0 Å². The van der Waals surface area contributed by atoms with Gasteiger partial charge in [0.15, 0.2) is 0 Å². The molecule has 1 aromatic heterocycles. The van der Waals surface area contributed by atoms with E-state index < -0.39 is 0 Å². The van der Waals surface area contributed by atoms with Crippen LogP contribution >= 0.6 is 0 Å². The molecule has 0 spiro atoms. The van der Waals surface area contributed by atoms with Gasteiger partial charge >= 0.3 is 0 Å². The Kier molecular flexibility index (Phi) is 7.95. The van der Waals surface area contributed by atoms with Gasteiger partial charge in [-0.3, -0.25) is 9.59 Å². The van der Waals surface area contributed by atoms with E-state index in [1.807, 2.05) is 55.1 Å². The quantitative estimate of drug-likeness (QED) is 0.697. The molecule has 1 aliphatic heterocycles. The lowest BCUT2D eigenvalue weighted by Crippen LogP contribution is -2.45. The Hall–Kier alpha value is -2.67. The van der Waals surface area contributed by atoms with Crippen molar-refractivity contribution in [1.29, 1.82) is 0 Å². The first-order valence-electron chi connectivity index (χ1n) is 11.9. The van der Waals surface area contributed by atoms with Gasteiger partial charge in [-0.25, -0.2) is 4.98 Å². The van der Waals surface area contributed by atoms with Crippen LogP contribution in [0.1, 0.15) is 60.9 Å². The van der Waals surface area contributed by atoms with Crippen LogP contribution in [0.3, 0.4) is 0 Å². The Bertz CT molecular complexity index is 934. The molecule has 7 nitrogen and oxygen atoms in total. The number of nitrogens with one attached hydrogen (secondary N) is 1. The van der Waals surface area contributed by atoms with E-state index in [1.165, 1.54) is 5.56 Å². The van der Waals surface area contributed by atoms with Crippen molar-refractivity contribution in [1.82, 2.24) is 24.7 Å². The van der Waals surface area contributed by atoms with E-state index in [2.05, 4.69) is 35.6 Å². The van der Waals surface area contributed by atoms with Crippen LogP contribution in [0.2, 0.25) is 0 Å². The average molecular weight is 454 g/mol. The lowest BCUT2D eigenvalue weighted by Gasteiger charge is -2.34. The topological polar surface area (TPSA) is 72.5 Å². The number of aromatic amines is 1. The number of hydrogen-bond acceptors (Lipinski definition) is 4. The fraction of sp³-hybridized carbons (Fsp3) is 0.577. The molecule has 180 valence electrons. The SMILES string of the molecule is Cc1[nH]cnc1CN(CCN(C)C)C(=O)C1CCN(C(=O)c2ccc(C(C)(C)C)cc2)CC1. The number of likely N-dealkylation sites (tertiary alicyclic amines) is 1. The Morgan fingerprint density at radius 2 is 1.73 bits per heavy atom. The van der Waals surface area contributed by atoms with E-state index in [-0.39, 0.29) is 23.1 Å². The lowest BCUT2D eigenvalue weighted by atomic mass is 9.86. The minimum atomic E-state index is -0.0567. The summed E-state index contributed by atoms with van der Waals surface area (Å²) in [5, 5.41) is 0. The van der Waals surface area contributed by atoms with Crippen LogP contribution in [0.4, 0.5) is 0 Å². The molecule has 33 heavy (non-hydrogen) atoms. The van der Waals surface area contributed by atoms with Gasteiger partial charge < -0.3 is 19.7 Å². The maximum atomic E-state index is 13.4. The second-order valence-corrected chi connectivity index (χ2v) is 10.4. The molecule has 7 heteroatoms. The van der Waals surface area contributed by atoms with Gasteiger partial charge in [-0.1, -0.05) is 32.9 Å². The highest BCUT2D eigenvalue weighted by molar-refractivity contribution is 5.94. The standard InChI is InChI=1S/C26H39N5O2/c1-19-23(28-18-27-19)17-31(16-15-29(5)6)25(33)21-11-13-30(14-12-21)24(32)20-7-9-22(10-8-20)26(2,3)4/h7-10,18,21H,11-17H2,1-6H3,(H,27,28). The molecule has 1 fully saturated rings. The first kappa shape index (κ1) is 25.0. The molecule has 0 unspecified atom stereocenters. The summed E-state index contributed by atoms with van der Waals surface area (Å²) >= 11 is 0. The summed E-state index contributed by atoms with van der Waals surface area (Å²) in [7, 11) is 4.03. The van der Waals surface area contributed by atoms with Gasteiger partial charge in [0, 0.05) is 43.4 Å². The van der Waals surface area contributed by atoms with E-state index in [0.717, 1.165) is 23.5 Å². The summed E-state index contributed by atoms with van der Waals surface area (Å²) in [6, 6.07) is 7.94. The molecule has 1 saturated heterocycles. The van der Waals surface area contributed by atoms with E-state index in [0.29, 0.717) is 39.0 Å². The third-order valence-electron chi connectivity index (χ3n) is 6.53. The highest BCUT2D eigenvalue weighted by atomic mass is 16.2. The molecule has 1 N–H and O–H groups in total. The zero-order valence-electron chi connectivity index (χ0n) is 21.0. The highest BCUT2D eigenvalue weighted by Crippen LogP contribution is 2.25. The maximum absolute atomic E-state index is 13.4. The highest BCUT2D eigenvalue weighted by Gasteiger charge is 2.31. The monoisotopic (exact) mass is 453 g/mol. The first-order valence-corrected chi connectivity index (χ1v) is 11.9. The average Bonchev–Trinajstić information content (AvgIpc) is 3.19. The number of amides is 2. The molecule has 0 saturated carbocycles. The molecule has 0 atom stereocenters. The largest absolute Gasteiger partial charge is 0.348 e. The van der Waals surface area contributed by atoms with Crippen molar-refractivity contribution in [3.63, 3.8) is 0 Å². The number of carbonyl (C=O) groups excluding carboxylic acids is 2. The number of imidazole rings is 1. The smallest absolute Gasteiger partial charge is 0.253 e. The van der Waals surface area contributed by atoms with Crippen molar-refractivity contribution in [3.8, 4) is 0 Å². The number of aromatic nitrogens is 2. The Morgan fingerprint density at radius 3 is 2.24 bits per heavy atom. The fourth-order valence-corrected chi connectivity index (χ4v) is 4.20. The van der Waals surface area contributed by atoms with Gasteiger partial charge in [0.25, 0.3) is 5.91 Å². The van der Waals surface area contributed by atoms with Crippen LogP contribution in [-0.2, 0) is 16.8 Å². The van der Waals surface area contributed by atoms with E-state index in [1.54, 1.807) is 6.33 Å². The number of rotatable bonds is 7. The Balaban J connectivity index is 1.61. The molecule has 2 amide bonds. The molecule has 0 radical (unpaired) electrons. The van der Waals surface area contributed by atoms with Gasteiger partial charge in [0.2, 0.25) is 5.91 Å². The molecule has 0 bridgehead atoms. The minimum Gasteiger partial charge on any atom is -0.348 e. The summed E-state index contributed by atoms with van der Waals surface area (Å²) < 4.78 is 0. The molecule has 2 aromatic rings. The van der Waals surface area contributed by atoms with Gasteiger partial charge in [-0.05, 0) is 57.0 Å². The van der Waals surface area contributed by atoms with Crippen LogP contribution in [0.15, 0.2) is 30.6 Å². The second kappa shape index (κ2) is 10.5. The van der Waals surface area contributed by atoms with Gasteiger partial charge in [0.1, 0.15) is 0 Å². The number of hydrogen-bond donors (Lipinski definition) is 1. The zero-order valence-corrected chi connectivity index (χ0v) is 21.0. The summed E-state index contributed by atoms with van der Waals surface area (Å²) in [5.41, 5.74) is 3.90.